The summed E-state index contributed by atoms with van der Waals surface area (Å²) in [5.41, 5.74) is 2.23. The summed E-state index contributed by atoms with van der Waals surface area (Å²) in [7, 11) is 0. The smallest absolute Gasteiger partial charge is 0.360 e. The zero-order chi connectivity index (χ0) is 17.5. The molecule has 3 aromatic rings. The third kappa shape index (κ3) is 4.33. The van der Waals surface area contributed by atoms with E-state index in [0.29, 0.717) is 12.4 Å². The van der Waals surface area contributed by atoms with Crippen molar-refractivity contribution < 1.29 is 18.8 Å². The highest BCUT2D eigenvalue weighted by Crippen LogP contribution is 2.27. The van der Waals surface area contributed by atoms with Crippen LogP contribution in [-0.4, -0.2) is 17.7 Å². The van der Waals surface area contributed by atoms with E-state index in [2.05, 4.69) is 5.16 Å². The number of aromatic nitrogens is 1. The summed E-state index contributed by atoms with van der Waals surface area (Å²) in [4.78, 5) is 11.7. The monoisotopic (exact) mass is 337 g/mol. The molecule has 2 aromatic carbocycles. The third-order valence-corrected chi connectivity index (χ3v) is 3.64. The summed E-state index contributed by atoms with van der Waals surface area (Å²) >= 11 is 0. The van der Waals surface area contributed by atoms with Crippen LogP contribution in [0.1, 0.15) is 40.4 Å². The molecule has 0 aliphatic carbocycles. The first-order valence-electron chi connectivity index (χ1n) is 8.12. The van der Waals surface area contributed by atoms with Crippen molar-refractivity contribution in [2.45, 2.75) is 19.6 Å². The predicted octanol–water partition coefficient (Wildman–Crippen LogP) is 4.16. The van der Waals surface area contributed by atoms with Crippen LogP contribution in [0.25, 0.3) is 0 Å². The van der Waals surface area contributed by atoms with Gasteiger partial charge in [-0.2, -0.15) is 0 Å². The number of esters is 1. The van der Waals surface area contributed by atoms with Crippen molar-refractivity contribution in [2.75, 3.05) is 6.61 Å². The highest BCUT2D eigenvalue weighted by Gasteiger charge is 2.18. The van der Waals surface area contributed by atoms with Crippen LogP contribution in [0.15, 0.2) is 71.3 Å². The Morgan fingerprint density at radius 3 is 2.20 bits per heavy atom. The molecule has 0 amide bonds. The van der Waals surface area contributed by atoms with E-state index < -0.39 is 5.97 Å². The van der Waals surface area contributed by atoms with E-state index in [1.807, 2.05) is 60.7 Å². The van der Waals surface area contributed by atoms with Gasteiger partial charge in [0.25, 0.3) is 0 Å². The maximum atomic E-state index is 11.7. The molecule has 1 aromatic heterocycles. The molecule has 0 fully saturated rings. The standard InChI is InChI=1S/C20H19NO4/c1-2-23-20(22)18-13-17(25-21-18)14-24-19(15-9-5-3-6-10-15)16-11-7-4-8-12-16/h3-13,19H,2,14H2,1H3. The van der Waals surface area contributed by atoms with Crippen LogP contribution in [-0.2, 0) is 16.1 Å². The van der Waals surface area contributed by atoms with Crippen molar-refractivity contribution in [3.05, 3.63) is 89.3 Å². The third-order valence-electron chi connectivity index (χ3n) is 3.64. The number of hydrogen-bond acceptors (Lipinski definition) is 5. The Bertz CT molecular complexity index is 759. The van der Waals surface area contributed by atoms with Crippen LogP contribution in [0.2, 0.25) is 0 Å². The fraction of sp³-hybridized carbons (Fsp3) is 0.200. The predicted molar refractivity (Wildman–Crippen MR) is 92.0 cm³/mol. The van der Waals surface area contributed by atoms with Gasteiger partial charge in [-0.3, -0.25) is 0 Å². The average Bonchev–Trinajstić information content (AvgIpc) is 3.13. The van der Waals surface area contributed by atoms with Crippen molar-refractivity contribution in [3.63, 3.8) is 0 Å². The fourth-order valence-electron chi connectivity index (χ4n) is 2.49. The molecule has 0 aliphatic heterocycles. The lowest BCUT2D eigenvalue weighted by Crippen LogP contribution is -2.06. The minimum atomic E-state index is -0.500. The second-order valence-corrected chi connectivity index (χ2v) is 5.41. The highest BCUT2D eigenvalue weighted by molar-refractivity contribution is 5.87. The molecule has 1 heterocycles. The first-order valence-corrected chi connectivity index (χ1v) is 8.12. The largest absolute Gasteiger partial charge is 0.461 e. The van der Waals surface area contributed by atoms with Crippen LogP contribution in [0.4, 0.5) is 0 Å². The molecule has 0 N–H and O–H groups in total. The maximum Gasteiger partial charge on any atom is 0.360 e. The number of hydrogen-bond donors (Lipinski definition) is 0. The van der Waals surface area contributed by atoms with E-state index in [9.17, 15) is 4.79 Å². The molecule has 0 bridgehead atoms. The number of rotatable bonds is 7. The van der Waals surface area contributed by atoms with Gasteiger partial charge in [-0.25, -0.2) is 4.79 Å². The Morgan fingerprint density at radius 1 is 1.04 bits per heavy atom. The van der Waals surface area contributed by atoms with Crippen LogP contribution < -0.4 is 0 Å². The van der Waals surface area contributed by atoms with Crippen molar-refractivity contribution in [3.8, 4) is 0 Å². The van der Waals surface area contributed by atoms with E-state index in [1.54, 1.807) is 13.0 Å². The van der Waals surface area contributed by atoms with E-state index in [1.165, 1.54) is 0 Å². The van der Waals surface area contributed by atoms with Crippen molar-refractivity contribution >= 4 is 5.97 Å². The Labute approximate surface area is 146 Å². The first kappa shape index (κ1) is 16.9. The summed E-state index contributed by atoms with van der Waals surface area (Å²) in [6.07, 6.45) is -0.237. The second-order valence-electron chi connectivity index (χ2n) is 5.41. The fourth-order valence-corrected chi connectivity index (χ4v) is 2.49. The van der Waals surface area contributed by atoms with Crippen LogP contribution in [0.5, 0.6) is 0 Å². The van der Waals surface area contributed by atoms with Gasteiger partial charge in [-0.1, -0.05) is 65.8 Å². The average molecular weight is 337 g/mol. The van der Waals surface area contributed by atoms with Crippen LogP contribution in [0.3, 0.4) is 0 Å². The number of benzene rings is 2. The Kier molecular flexibility index (Phi) is 5.59. The molecule has 5 nitrogen and oxygen atoms in total. The molecule has 128 valence electrons. The number of carbonyl (C=O) groups is 1. The molecule has 0 unspecified atom stereocenters. The number of ether oxygens (including phenoxy) is 2. The minimum Gasteiger partial charge on any atom is -0.461 e. The lowest BCUT2D eigenvalue weighted by atomic mass is 10.0. The minimum absolute atomic E-state index is 0.149. The van der Waals surface area contributed by atoms with Crippen molar-refractivity contribution in [1.29, 1.82) is 0 Å². The SMILES string of the molecule is CCOC(=O)c1cc(COC(c2ccccc2)c2ccccc2)on1. The van der Waals surface area contributed by atoms with E-state index in [4.69, 9.17) is 14.0 Å². The summed E-state index contributed by atoms with van der Waals surface area (Å²) in [5, 5.41) is 3.73. The van der Waals surface area contributed by atoms with Crippen LogP contribution in [0, 0.1) is 0 Å². The molecule has 0 aliphatic rings. The van der Waals surface area contributed by atoms with Crippen LogP contribution >= 0.6 is 0 Å². The number of nitrogens with zero attached hydrogens (tertiary/aromatic N) is 1. The van der Waals surface area contributed by atoms with Gasteiger partial charge in [0.05, 0.1) is 6.61 Å². The molecular formula is C20H19NO4. The van der Waals surface area contributed by atoms with E-state index in [0.717, 1.165) is 11.1 Å². The van der Waals surface area contributed by atoms with Gasteiger partial charge >= 0.3 is 5.97 Å². The lowest BCUT2D eigenvalue weighted by molar-refractivity contribution is 0.0497. The molecule has 25 heavy (non-hydrogen) atoms. The van der Waals surface area contributed by atoms with Gasteiger partial charge in [-0.15, -0.1) is 0 Å². The normalized spacial score (nSPS) is 10.8. The molecule has 0 atom stereocenters. The van der Waals surface area contributed by atoms with Gasteiger partial charge in [0.15, 0.2) is 11.5 Å². The maximum absolute atomic E-state index is 11.7. The summed E-state index contributed by atoms with van der Waals surface area (Å²) in [5.74, 6) is -0.0277. The van der Waals surface area contributed by atoms with Gasteiger partial charge in [0, 0.05) is 6.07 Å². The van der Waals surface area contributed by atoms with Gasteiger partial charge < -0.3 is 14.0 Å². The second kappa shape index (κ2) is 8.26. The van der Waals surface area contributed by atoms with Gasteiger partial charge in [-0.05, 0) is 18.1 Å². The Morgan fingerprint density at radius 2 is 1.64 bits per heavy atom. The summed E-state index contributed by atoms with van der Waals surface area (Å²) < 4.78 is 16.1. The zero-order valence-electron chi connectivity index (χ0n) is 13.9. The van der Waals surface area contributed by atoms with E-state index in [-0.39, 0.29) is 18.4 Å². The molecule has 0 radical (unpaired) electrons. The topological polar surface area (TPSA) is 61.6 Å². The van der Waals surface area contributed by atoms with Gasteiger partial charge in [0.2, 0.25) is 0 Å². The molecule has 0 spiro atoms. The molecule has 3 rings (SSSR count). The first-order chi connectivity index (χ1) is 12.3. The molecular weight excluding hydrogens is 318 g/mol. The Balaban J connectivity index is 1.75. The summed E-state index contributed by atoms with van der Waals surface area (Å²) in [6, 6.07) is 21.4. The summed E-state index contributed by atoms with van der Waals surface area (Å²) in [6.45, 7) is 2.23. The molecule has 0 saturated heterocycles. The zero-order valence-corrected chi connectivity index (χ0v) is 13.9. The lowest BCUT2D eigenvalue weighted by Gasteiger charge is -2.18. The van der Waals surface area contributed by atoms with Gasteiger partial charge in [0.1, 0.15) is 12.7 Å². The van der Waals surface area contributed by atoms with E-state index >= 15 is 0 Å². The highest BCUT2D eigenvalue weighted by atomic mass is 16.5. The molecule has 5 heteroatoms. The molecule has 0 saturated carbocycles. The Hall–Kier alpha value is -2.92. The quantitative estimate of drug-likeness (QED) is 0.606. The van der Waals surface area contributed by atoms with Crippen molar-refractivity contribution in [2.24, 2.45) is 0 Å². The van der Waals surface area contributed by atoms with Crippen molar-refractivity contribution in [1.82, 2.24) is 5.16 Å². The number of carbonyl (C=O) groups excluding carboxylic acids is 1.